The third kappa shape index (κ3) is 5.91. The molecule has 1 aromatic carbocycles. The standard InChI is InChI=1S/C21H34FN5/c1-23-20(24-10-4-12-27-13-5-11-26(2)14-15-27)25-17-21(8-9-21)18-6-3-7-19(22)16-18/h3,6-7,16H,4-5,8-15,17H2,1-2H3,(H2,23,24,25). The summed E-state index contributed by atoms with van der Waals surface area (Å²) >= 11 is 0. The van der Waals surface area contributed by atoms with E-state index >= 15 is 0 Å². The summed E-state index contributed by atoms with van der Waals surface area (Å²) in [5.74, 6) is 0.689. The van der Waals surface area contributed by atoms with Gasteiger partial charge in [0, 0.05) is 38.6 Å². The molecule has 5 nitrogen and oxygen atoms in total. The van der Waals surface area contributed by atoms with Crippen molar-refractivity contribution in [2.75, 3.05) is 59.9 Å². The molecule has 0 spiro atoms. The molecule has 1 aliphatic heterocycles. The van der Waals surface area contributed by atoms with E-state index in [1.54, 1.807) is 12.1 Å². The van der Waals surface area contributed by atoms with Gasteiger partial charge in [-0.1, -0.05) is 12.1 Å². The maximum Gasteiger partial charge on any atom is 0.191 e. The van der Waals surface area contributed by atoms with E-state index in [1.807, 2.05) is 13.1 Å². The van der Waals surface area contributed by atoms with Crippen molar-refractivity contribution in [3.8, 4) is 0 Å². The molecule has 1 aromatic rings. The number of rotatable bonds is 7. The van der Waals surface area contributed by atoms with Gasteiger partial charge >= 0.3 is 0 Å². The Labute approximate surface area is 163 Å². The first kappa shape index (κ1) is 20.1. The number of benzene rings is 1. The summed E-state index contributed by atoms with van der Waals surface area (Å²) in [6.45, 7) is 7.59. The Kier molecular flexibility index (Phi) is 7.07. The second-order valence-corrected chi connectivity index (χ2v) is 8.00. The second-order valence-electron chi connectivity index (χ2n) is 8.00. The van der Waals surface area contributed by atoms with Crippen molar-refractivity contribution >= 4 is 5.96 Å². The Balaban J connectivity index is 1.37. The van der Waals surface area contributed by atoms with E-state index in [2.05, 4.69) is 32.5 Å². The zero-order valence-electron chi connectivity index (χ0n) is 16.8. The van der Waals surface area contributed by atoms with Gasteiger partial charge in [-0.15, -0.1) is 0 Å². The summed E-state index contributed by atoms with van der Waals surface area (Å²) in [5, 5.41) is 6.86. The van der Waals surface area contributed by atoms with E-state index in [0.29, 0.717) is 0 Å². The lowest BCUT2D eigenvalue weighted by atomic mass is 9.96. The van der Waals surface area contributed by atoms with Gasteiger partial charge in [-0.05, 0) is 70.1 Å². The summed E-state index contributed by atoms with van der Waals surface area (Å²) in [7, 11) is 4.01. The highest BCUT2D eigenvalue weighted by atomic mass is 19.1. The molecule has 150 valence electrons. The Morgan fingerprint density at radius 1 is 1.19 bits per heavy atom. The van der Waals surface area contributed by atoms with Gasteiger partial charge in [-0.25, -0.2) is 4.39 Å². The summed E-state index contributed by atoms with van der Waals surface area (Å²) in [4.78, 5) is 9.31. The van der Waals surface area contributed by atoms with Crippen molar-refractivity contribution in [3.63, 3.8) is 0 Å². The van der Waals surface area contributed by atoms with Crippen molar-refractivity contribution in [1.82, 2.24) is 20.4 Å². The smallest absolute Gasteiger partial charge is 0.191 e. The van der Waals surface area contributed by atoms with Crippen LogP contribution in [-0.4, -0.2) is 75.7 Å². The fraction of sp³-hybridized carbons (Fsp3) is 0.667. The molecule has 1 saturated heterocycles. The molecule has 1 saturated carbocycles. The van der Waals surface area contributed by atoms with Gasteiger partial charge in [-0.3, -0.25) is 4.99 Å². The van der Waals surface area contributed by atoms with Crippen LogP contribution in [0.15, 0.2) is 29.3 Å². The Morgan fingerprint density at radius 2 is 2.04 bits per heavy atom. The highest BCUT2D eigenvalue weighted by Crippen LogP contribution is 2.47. The van der Waals surface area contributed by atoms with Crippen molar-refractivity contribution in [2.45, 2.75) is 31.1 Å². The van der Waals surface area contributed by atoms with E-state index in [-0.39, 0.29) is 11.2 Å². The Hall–Kier alpha value is -1.66. The predicted octanol–water partition coefficient (Wildman–Crippen LogP) is 2.05. The topological polar surface area (TPSA) is 42.9 Å². The molecular weight excluding hydrogens is 341 g/mol. The van der Waals surface area contributed by atoms with Crippen molar-refractivity contribution < 1.29 is 4.39 Å². The third-order valence-electron chi connectivity index (χ3n) is 5.86. The van der Waals surface area contributed by atoms with Crippen LogP contribution in [0.25, 0.3) is 0 Å². The van der Waals surface area contributed by atoms with Gasteiger partial charge < -0.3 is 20.4 Å². The van der Waals surface area contributed by atoms with E-state index in [4.69, 9.17) is 0 Å². The van der Waals surface area contributed by atoms with E-state index < -0.39 is 0 Å². The molecule has 0 atom stereocenters. The average molecular weight is 376 g/mol. The second kappa shape index (κ2) is 9.51. The van der Waals surface area contributed by atoms with Crippen LogP contribution in [0.3, 0.4) is 0 Å². The minimum Gasteiger partial charge on any atom is -0.356 e. The van der Waals surface area contributed by atoms with Crippen LogP contribution in [0.1, 0.15) is 31.2 Å². The van der Waals surface area contributed by atoms with E-state index in [0.717, 1.165) is 50.4 Å². The molecule has 3 rings (SSSR count). The first-order valence-electron chi connectivity index (χ1n) is 10.2. The summed E-state index contributed by atoms with van der Waals surface area (Å²) < 4.78 is 13.5. The maximum absolute atomic E-state index is 13.5. The number of nitrogens with zero attached hydrogens (tertiary/aromatic N) is 3. The minimum absolute atomic E-state index is 0.0673. The number of guanidine groups is 1. The van der Waals surface area contributed by atoms with Crippen LogP contribution in [0, 0.1) is 5.82 Å². The summed E-state index contributed by atoms with van der Waals surface area (Å²) in [5.41, 5.74) is 1.16. The van der Waals surface area contributed by atoms with Crippen LogP contribution >= 0.6 is 0 Å². The molecule has 2 N–H and O–H groups in total. The molecule has 1 aliphatic carbocycles. The van der Waals surface area contributed by atoms with Crippen LogP contribution < -0.4 is 10.6 Å². The lowest BCUT2D eigenvalue weighted by Crippen LogP contribution is -2.42. The molecule has 6 heteroatoms. The zero-order chi connectivity index (χ0) is 19.1. The number of halogens is 1. The summed E-state index contributed by atoms with van der Waals surface area (Å²) in [6.07, 6.45) is 4.57. The number of hydrogen-bond acceptors (Lipinski definition) is 3. The molecule has 2 aliphatic rings. The number of aliphatic imine (C=N–C) groups is 1. The van der Waals surface area contributed by atoms with Crippen LogP contribution in [0.5, 0.6) is 0 Å². The first-order chi connectivity index (χ1) is 13.1. The molecule has 0 unspecified atom stereocenters. The SMILES string of the molecule is CN=C(NCCCN1CCCN(C)CC1)NCC1(c2cccc(F)c2)CC1. The quantitative estimate of drug-likeness (QED) is 0.435. The highest BCUT2D eigenvalue weighted by Gasteiger charge is 2.44. The van der Waals surface area contributed by atoms with Gasteiger partial charge in [-0.2, -0.15) is 0 Å². The van der Waals surface area contributed by atoms with Crippen molar-refractivity contribution in [2.24, 2.45) is 4.99 Å². The molecule has 2 fully saturated rings. The van der Waals surface area contributed by atoms with Gasteiger partial charge in [0.2, 0.25) is 0 Å². The van der Waals surface area contributed by atoms with Crippen LogP contribution in [0.2, 0.25) is 0 Å². The molecule has 0 amide bonds. The van der Waals surface area contributed by atoms with Gasteiger partial charge in [0.05, 0.1) is 0 Å². The van der Waals surface area contributed by atoms with E-state index in [9.17, 15) is 4.39 Å². The molecule has 27 heavy (non-hydrogen) atoms. The normalized spacial score (nSPS) is 20.9. The molecule has 0 bridgehead atoms. The van der Waals surface area contributed by atoms with Crippen molar-refractivity contribution in [1.29, 1.82) is 0 Å². The molecular formula is C21H34FN5. The number of likely N-dealkylation sites (N-methyl/N-ethyl adjacent to an activating group) is 1. The average Bonchev–Trinajstić information content (AvgIpc) is 3.47. The maximum atomic E-state index is 13.5. The van der Waals surface area contributed by atoms with E-state index in [1.165, 1.54) is 38.7 Å². The monoisotopic (exact) mass is 375 g/mol. The predicted molar refractivity (Wildman–Crippen MR) is 110 cm³/mol. The zero-order valence-corrected chi connectivity index (χ0v) is 16.8. The van der Waals surface area contributed by atoms with Gasteiger partial charge in [0.1, 0.15) is 5.82 Å². The Bertz CT molecular complexity index is 629. The van der Waals surface area contributed by atoms with Crippen LogP contribution in [0.4, 0.5) is 4.39 Å². The Morgan fingerprint density at radius 3 is 2.78 bits per heavy atom. The largest absolute Gasteiger partial charge is 0.356 e. The number of nitrogens with one attached hydrogen (secondary N) is 2. The lowest BCUT2D eigenvalue weighted by molar-refractivity contribution is 0.274. The summed E-state index contributed by atoms with van der Waals surface area (Å²) in [6, 6.07) is 7.02. The molecule has 0 aromatic heterocycles. The molecule has 1 heterocycles. The van der Waals surface area contributed by atoms with Gasteiger partial charge in [0.15, 0.2) is 5.96 Å². The highest BCUT2D eigenvalue weighted by molar-refractivity contribution is 5.79. The minimum atomic E-state index is -0.152. The molecule has 0 radical (unpaired) electrons. The van der Waals surface area contributed by atoms with Gasteiger partial charge in [0.25, 0.3) is 0 Å². The number of hydrogen-bond donors (Lipinski definition) is 2. The fourth-order valence-corrected chi connectivity index (χ4v) is 3.84. The lowest BCUT2D eigenvalue weighted by Gasteiger charge is -2.21. The third-order valence-corrected chi connectivity index (χ3v) is 5.86. The van der Waals surface area contributed by atoms with Crippen LogP contribution in [-0.2, 0) is 5.41 Å². The fourth-order valence-electron chi connectivity index (χ4n) is 3.84. The van der Waals surface area contributed by atoms with Crippen molar-refractivity contribution in [3.05, 3.63) is 35.6 Å². The first-order valence-corrected chi connectivity index (χ1v) is 10.2.